The van der Waals surface area contributed by atoms with Gasteiger partial charge in [0.15, 0.2) is 6.61 Å². The van der Waals surface area contributed by atoms with Crippen molar-refractivity contribution in [3.05, 3.63) is 47.8 Å². The minimum absolute atomic E-state index is 0.0760. The summed E-state index contributed by atoms with van der Waals surface area (Å²) >= 11 is 0. The molecule has 1 aromatic heterocycles. The largest absolute Gasteiger partial charge is 0.479 e. The van der Waals surface area contributed by atoms with Crippen molar-refractivity contribution in [1.82, 2.24) is 15.1 Å². The Morgan fingerprint density at radius 2 is 2.21 bits per heavy atom. The van der Waals surface area contributed by atoms with E-state index in [1.54, 1.807) is 4.68 Å². The Labute approximate surface area is 112 Å². The van der Waals surface area contributed by atoms with Crippen LogP contribution in [-0.2, 0) is 20.1 Å². The Balaban J connectivity index is 1.84. The van der Waals surface area contributed by atoms with Crippen LogP contribution in [0, 0.1) is 11.3 Å². The summed E-state index contributed by atoms with van der Waals surface area (Å²) in [6.07, 6.45) is 3.83. The maximum absolute atomic E-state index is 8.47. The van der Waals surface area contributed by atoms with E-state index in [1.165, 1.54) is 0 Å². The highest BCUT2D eigenvalue weighted by Crippen LogP contribution is 2.13. The van der Waals surface area contributed by atoms with Gasteiger partial charge in [0, 0.05) is 31.9 Å². The number of nitrogens with one attached hydrogen (secondary N) is 1. The van der Waals surface area contributed by atoms with E-state index < -0.39 is 0 Å². The van der Waals surface area contributed by atoms with E-state index in [1.807, 2.05) is 49.8 Å². The molecule has 5 nitrogen and oxygen atoms in total. The maximum atomic E-state index is 8.47. The normalized spacial score (nSPS) is 10.1. The quantitative estimate of drug-likeness (QED) is 0.853. The van der Waals surface area contributed by atoms with E-state index in [0.29, 0.717) is 0 Å². The van der Waals surface area contributed by atoms with Crippen molar-refractivity contribution in [2.24, 2.45) is 7.05 Å². The molecule has 19 heavy (non-hydrogen) atoms. The number of rotatable bonds is 6. The highest BCUT2D eigenvalue weighted by molar-refractivity contribution is 5.28. The van der Waals surface area contributed by atoms with Gasteiger partial charge in [-0.3, -0.25) is 4.68 Å². The molecule has 1 N–H and O–H groups in total. The van der Waals surface area contributed by atoms with Crippen LogP contribution in [0.2, 0.25) is 0 Å². The fraction of sp³-hybridized carbons (Fsp3) is 0.286. The molecule has 0 fully saturated rings. The van der Waals surface area contributed by atoms with E-state index in [9.17, 15) is 0 Å². The smallest absolute Gasteiger partial charge is 0.174 e. The summed E-state index contributed by atoms with van der Waals surface area (Å²) in [5, 5.41) is 15.9. The average Bonchev–Trinajstić information content (AvgIpc) is 2.83. The Bertz CT molecular complexity index is 571. The molecule has 0 atom stereocenters. The first-order valence-corrected chi connectivity index (χ1v) is 6.05. The zero-order chi connectivity index (χ0) is 13.5. The third kappa shape index (κ3) is 4.12. The molecule has 2 aromatic rings. The van der Waals surface area contributed by atoms with Gasteiger partial charge in [-0.15, -0.1) is 0 Å². The van der Waals surface area contributed by atoms with E-state index in [4.69, 9.17) is 10.00 Å². The lowest BCUT2D eigenvalue weighted by molar-refractivity contribution is 0.367. The minimum Gasteiger partial charge on any atom is -0.479 e. The molecule has 0 bridgehead atoms. The molecule has 0 saturated heterocycles. The Morgan fingerprint density at radius 3 is 2.95 bits per heavy atom. The van der Waals surface area contributed by atoms with Crippen LogP contribution in [0.3, 0.4) is 0 Å². The van der Waals surface area contributed by atoms with E-state index in [2.05, 4.69) is 10.4 Å². The van der Waals surface area contributed by atoms with Crippen LogP contribution < -0.4 is 10.1 Å². The van der Waals surface area contributed by atoms with Crippen LogP contribution in [0.25, 0.3) is 0 Å². The summed E-state index contributed by atoms with van der Waals surface area (Å²) in [6, 6.07) is 9.69. The van der Waals surface area contributed by atoms with Crippen molar-refractivity contribution in [2.75, 3.05) is 6.61 Å². The third-order valence-corrected chi connectivity index (χ3v) is 2.62. The predicted molar refractivity (Wildman–Crippen MR) is 71.3 cm³/mol. The van der Waals surface area contributed by atoms with Gasteiger partial charge in [-0.2, -0.15) is 10.4 Å². The number of aromatic nitrogens is 2. The molecule has 0 aliphatic carbocycles. The summed E-state index contributed by atoms with van der Waals surface area (Å²) in [5.41, 5.74) is 2.28. The second-order valence-electron chi connectivity index (χ2n) is 4.22. The topological polar surface area (TPSA) is 62.9 Å². The van der Waals surface area contributed by atoms with Crippen LogP contribution in [0.15, 0.2) is 36.7 Å². The number of benzene rings is 1. The van der Waals surface area contributed by atoms with Gasteiger partial charge in [0.2, 0.25) is 0 Å². The molecule has 0 radical (unpaired) electrons. The van der Waals surface area contributed by atoms with Crippen molar-refractivity contribution >= 4 is 0 Å². The van der Waals surface area contributed by atoms with Crippen LogP contribution in [0.1, 0.15) is 11.1 Å². The molecule has 0 aliphatic rings. The van der Waals surface area contributed by atoms with Crippen molar-refractivity contribution in [3.63, 3.8) is 0 Å². The van der Waals surface area contributed by atoms with Crippen molar-refractivity contribution in [2.45, 2.75) is 13.1 Å². The molecular formula is C14H16N4O. The number of nitrogens with zero attached hydrogens (tertiary/aromatic N) is 3. The summed E-state index contributed by atoms with van der Waals surface area (Å²) in [7, 11) is 1.90. The maximum Gasteiger partial charge on any atom is 0.174 e. The molecule has 0 amide bonds. The van der Waals surface area contributed by atoms with Crippen LogP contribution in [-0.4, -0.2) is 16.4 Å². The van der Waals surface area contributed by atoms with Crippen molar-refractivity contribution in [1.29, 1.82) is 5.26 Å². The second kappa shape index (κ2) is 6.57. The Hall–Kier alpha value is -2.32. The molecule has 1 heterocycles. The SMILES string of the molecule is Cn1cc(CNCc2cccc(OCC#N)c2)cn1. The first-order chi connectivity index (χ1) is 9.28. The second-order valence-corrected chi connectivity index (χ2v) is 4.22. The third-order valence-electron chi connectivity index (χ3n) is 2.62. The van der Waals surface area contributed by atoms with Crippen LogP contribution in [0.5, 0.6) is 5.75 Å². The fourth-order valence-electron chi connectivity index (χ4n) is 1.78. The zero-order valence-electron chi connectivity index (χ0n) is 10.8. The van der Waals surface area contributed by atoms with Gasteiger partial charge in [0.05, 0.1) is 6.20 Å². The molecule has 1 aromatic carbocycles. The molecule has 0 saturated carbocycles. The summed E-state index contributed by atoms with van der Waals surface area (Å²) in [5.74, 6) is 0.724. The lowest BCUT2D eigenvalue weighted by Crippen LogP contribution is -2.12. The minimum atomic E-state index is 0.0760. The van der Waals surface area contributed by atoms with Gasteiger partial charge >= 0.3 is 0 Å². The Kier molecular flexibility index (Phi) is 4.54. The number of nitriles is 1. The van der Waals surface area contributed by atoms with Gasteiger partial charge in [-0.1, -0.05) is 12.1 Å². The first kappa shape index (κ1) is 13.1. The van der Waals surface area contributed by atoms with E-state index in [-0.39, 0.29) is 6.61 Å². The molecular weight excluding hydrogens is 240 g/mol. The monoisotopic (exact) mass is 256 g/mol. The number of aryl methyl sites for hydroxylation is 1. The van der Waals surface area contributed by atoms with Gasteiger partial charge in [0.25, 0.3) is 0 Å². The number of hydrogen-bond donors (Lipinski definition) is 1. The summed E-state index contributed by atoms with van der Waals surface area (Å²) in [4.78, 5) is 0. The zero-order valence-corrected chi connectivity index (χ0v) is 10.8. The molecule has 98 valence electrons. The van der Waals surface area contributed by atoms with Gasteiger partial charge in [-0.05, 0) is 17.7 Å². The standard InChI is InChI=1S/C14H16N4O/c1-18-11-13(10-17-18)9-16-8-12-3-2-4-14(7-12)19-6-5-15/h2-4,7,10-11,16H,6,8-9H2,1H3. The van der Waals surface area contributed by atoms with Gasteiger partial charge in [0.1, 0.15) is 11.8 Å². The lowest BCUT2D eigenvalue weighted by atomic mass is 10.2. The van der Waals surface area contributed by atoms with Crippen LogP contribution in [0.4, 0.5) is 0 Å². The fourth-order valence-corrected chi connectivity index (χ4v) is 1.78. The summed E-state index contributed by atoms with van der Waals surface area (Å²) in [6.45, 7) is 1.60. The molecule has 0 spiro atoms. The van der Waals surface area contributed by atoms with Gasteiger partial charge in [-0.25, -0.2) is 0 Å². The Morgan fingerprint density at radius 1 is 1.37 bits per heavy atom. The van der Waals surface area contributed by atoms with E-state index in [0.717, 1.165) is 30.0 Å². The van der Waals surface area contributed by atoms with Crippen molar-refractivity contribution in [3.8, 4) is 11.8 Å². The predicted octanol–water partition coefficient (Wildman–Crippen LogP) is 1.61. The highest BCUT2D eigenvalue weighted by atomic mass is 16.5. The average molecular weight is 256 g/mol. The van der Waals surface area contributed by atoms with E-state index >= 15 is 0 Å². The highest BCUT2D eigenvalue weighted by Gasteiger charge is 1.98. The van der Waals surface area contributed by atoms with Crippen LogP contribution >= 0.6 is 0 Å². The molecule has 2 rings (SSSR count). The number of hydrogen-bond acceptors (Lipinski definition) is 4. The molecule has 0 unspecified atom stereocenters. The summed E-state index contributed by atoms with van der Waals surface area (Å²) < 4.78 is 7.05. The molecule has 0 aliphatic heterocycles. The lowest BCUT2D eigenvalue weighted by Gasteiger charge is -2.06. The molecule has 5 heteroatoms. The van der Waals surface area contributed by atoms with Crippen molar-refractivity contribution < 1.29 is 4.74 Å². The van der Waals surface area contributed by atoms with Gasteiger partial charge < -0.3 is 10.1 Å². The number of ether oxygens (including phenoxy) is 1. The first-order valence-electron chi connectivity index (χ1n) is 6.05.